The van der Waals surface area contributed by atoms with Crippen LogP contribution in [-0.2, 0) is 0 Å². The van der Waals surface area contributed by atoms with Gasteiger partial charge in [0.05, 0.1) is 0 Å². The molecule has 1 aromatic carbocycles. The number of carbonyl (C=O) groups excluding carboxylic acids is 1. The Morgan fingerprint density at radius 1 is 1.39 bits per heavy atom. The lowest BCUT2D eigenvalue weighted by molar-refractivity contribution is -0.163. The predicted octanol–water partition coefficient (Wildman–Crippen LogP) is 2.40. The van der Waals surface area contributed by atoms with E-state index in [1.165, 1.54) is 12.1 Å². The van der Waals surface area contributed by atoms with Crippen LogP contribution in [0.15, 0.2) is 18.2 Å². The lowest BCUT2D eigenvalue weighted by Crippen LogP contribution is -2.47. The Labute approximate surface area is 102 Å². The van der Waals surface area contributed by atoms with Crippen LogP contribution in [0.2, 0.25) is 0 Å². The van der Waals surface area contributed by atoms with E-state index in [1.807, 2.05) is 0 Å². The molecule has 1 fully saturated rings. The minimum Gasteiger partial charge on any atom is -0.398 e. The topological polar surface area (TPSA) is 55.1 Å². The van der Waals surface area contributed by atoms with Gasteiger partial charge in [0.25, 0.3) is 5.91 Å². The quantitative estimate of drug-likeness (QED) is 0.800. The van der Waals surface area contributed by atoms with Gasteiger partial charge in [-0.15, -0.1) is 0 Å². The van der Waals surface area contributed by atoms with Crippen LogP contribution >= 0.6 is 0 Å². The van der Waals surface area contributed by atoms with Crippen molar-refractivity contribution in [1.82, 2.24) is 5.32 Å². The highest BCUT2D eigenvalue weighted by atomic mass is 19.4. The smallest absolute Gasteiger partial charge is 0.398 e. The van der Waals surface area contributed by atoms with Gasteiger partial charge in [0.15, 0.2) is 0 Å². The number of benzene rings is 1. The molecule has 2 rings (SSSR count). The molecule has 0 bridgehead atoms. The Hall–Kier alpha value is -1.72. The van der Waals surface area contributed by atoms with Crippen LogP contribution in [-0.4, -0.2) is 17.6 Å². The lowest BCUT2D eigenvalue weighted by atomic mass is 10.1. The third kappa shape index (κ3) is 2.14. The van der Waals surface area contributed by atoms with E-state index >= 15 is 0 Å². The molecule has 3 nitrogen and oxygen atoms in total. The third-order valence-corrected chi connectivity index (χ3v) is 3.19. The van der Waals surface area contributed by atoms with Crippen molar-refractivity contribution < 1.29 is 18.0 Å². The zero-order valence-corrected chi connectivity index (χ0v) is 9.77. The van der Waals surface area contributed by atoms with Crippen molar-refractivity contribution in [2.45, 2.75) is 31.5 Å². The second kappa shape index (κ2) is 3.90. The van der Waals surface area contributed by atoms with Crippen molar-refractivity contribution >= 4 is 11.6 Å². The monoisotopic (exact) mass is 258 g/mol. The number of alkyl halides is 3. The number of nitrogens with one attached hydrogen (secondary N) is 1. The summed E-state index contributed by atoms with van der Waals surface area (Å²) >= 11 is 0. The number of amides is 1. The maximum Gasteiger partial charge on any atom is 0.411 e. The summed E-state index contributed by atoms with van der Waals surface area (Å²) in [5.41, 5.74) is 4.90. The molecule has 0 atom stereocenters. The van der Waals surface area contributed by atoms with E-state index in [0.717, 1.165) is 5.56 Å². The molecular weight excluding hydrogens is 245 g/mol. The molecule has 98 valence electrons. The van der Waals surface area contributed by atoms with Crippen molar-refractivity contribution in [3.63, 3.8) is 0 Å². The van der Waals surface area contributed by atoms with E-state index in [1.54, 1.807) is 13.0 Å². The lowest BCUT2D eigenvalue weighted by Gasteiger charge is -2.20. The molecule has 0 aliphatic heterocycles. The molecule has 0 aromatic heterocycles. The molecule has 1 saturated carbocycles. The van der Waals surface area contributed by atoms with Crippen LogP contribution in [0.3, 0.4) is 0 Å². The van der Waals surface area contributed by atoms with E-state index in [9.17, 15) is 18.0 Å². The summed E-state index contributed by atoms with van der Waals surface area (Å²) in [5.74, 6) is -0.739. The highest BCUT2D eigenvalue weighted by Crippen LogP contribution is 2.49. The Morgan fingerprint density at radius 3 is 2.44 bits per heavy atom. The summed E-state index contributed by atoms with van der Waals surface area (Å²) in [5, 5.41) is 2.05. The Bertz CT molecular complexity index is 493. The van der Waals surface area contributed by atoms with Gasteiger partial charge < -0.3 is 11.1 Å². The first-order valence-corrected chi connectivity index (χ1v) is 5.50. The molecule has 0 unspecified atom stereocenters. The number of nitrogen functional groups attached to an aromatic ring is 1. The van der Waals surface area contributed by atoms with Gasteiger partial charge in [0, 0.05) is 11.3 Å². The molecule has 6 heteroatoms. The first-order chi connectivity index (χ1) is 8.25. The molecule has 1 aliphatic carbocycles. The summed E-state index contributed by atoms with van der Waals surface area (Å²) in [4.78, 5) is 11.7. The van der Waals surface area contributed by atoms with Crippen LogP contribution in [0.4, 0.5) is 18.9 Å². The number of halogens is 3. The zero-order valence-electron chi connectivity index (χ0n) is 9.77. The standard InChI is InChI=1S/C12H13F3N2O/c1-7-2-3-8(6-9(7)16)10(18)17-11(4-5-11)12(13,14)15/h2-3,6H,4-5,16H2,1H3,(H,17,18). The summed E-state index contributed by atoms with van der Waals surface area (Å²) < 4.78 is 38.0. The number of hydrogen-bond donors (Lipinski definition) is 2. The number of anilines is 1. The minimum absolute atomic E-state index is 0.0659. The van der Waals surface area contributed by atoms with Crippen LogP contribution in [0, 0.1) is 6.92 Å². The molecule has 1 aliphatic rings. The number of hydrogen-bond acceptors (Lipinski definition) is 2. The fraction of sp³-hybridized carbons (Fsp3) is 0.417. The molecule has 0 heterocycles. The first kappa shape index (κ1) is 12.7. The SMILES string of the molecule is Cc1ccc(C(=O)NC2(C(F)(F)F)CC2)cc1N. The fourth-order valence-corrected chi connectivity index (χ4v) is 1.68. The van der Waals surface area contributed by atoms with E-state index in [-0.39, 0.29) is 18.4 Å². The number of rotatable bonds is 2. The number of carbonyl (C=O) groups is 1. The summed E-state index contributed by atoms with van der Waals surface area (Å²) in [7, 11) is 0. The fourth-order valence-electron chi connectivity index (χ4n) is 1.68. The average Bonchev–Trinajstić information content (AvgIpc) is 3.02. The molecule has 3 N–H and O–H groups in total. The van der Waals surface area contributed by atoms with Crippen LogP contribution in [0.25, 0.3) is 0 Å². The predicted molar refractivity (Wildman–Crippen MR) is 61.1 cm³/mol. The summed E-state index contributed by atoms with van der Waals surface area (Å²) in [6, 6.07) is 4.46. The first-order valence-electron chi connectivity index (χ1n) is 5.50. The molecule has 0 radical (unpaired) electrons. The molecule has 1 aromatic rings. The van der Waals surface area contributed by atoms with Crippen molar-refractivity contribution in [2.75, 3.05) is 5.73 Å². The number of aryl methyl sites for hydroxylation is 1. The van der Waals surface area contributed by atoms with Crippen LogP contribution in [0.1, 0.15) is 28.8 Å². The Morgan fingerprint density at radius 2 is 2.00 bits per heavy atom. The van der Waals surface area contributed by atoms with Gasteiger partial charge in [-0.1, -0.05) is 6.07 Å². The van der Waals surface area contributed by atoms with E-state index in [4.69, 9.17) is 5.73 Å². The van der Waals surface area contributed by atoms with Gasteiger partial charge in [-0.3, -0.25) is 4.79 Å². The second-order valence-electron chi connectivity index (χ2n) is 4.61. The van der Waals surface area contributed by atoms with Crippen molar-refractivity contribution in [3.8, 4) is 0 Å². The molecule has 1 amide bonds. The maximum absolute atomic E-state index is 12.7. The average molecular weight is 258 g/mol. The molecule has 18 heavy (non-hydrogen) atoms. The zero-order chi connectivity index (χ0) is 13.6. The molecular formula is C12H13F3N2O. The van der Waals surface area contributed by atoms with Crippen molar-refractivity contribution in [1.29, 1.82) is 0 Å². The Balaban J connectivity index is 2.16. The number of nitrogens with two attached hydrogens (primary N) is 1. The van der Waals surface area contributed by atoms with Gasteiger partial charge in [-0.25, -0.2) is 0 Å². The van der Waals surface area contributed by atoms with Crippen LogP contribution in [0.5, 0.6) is 0 Å². The molecule has 0 saturated heterocycles. The second-order valence-corrected chi connectivity index (χ2v) is 4.61. The Kier molecular flexibility index (Phi) is 2.76. The van der Waals surface area contributed by atoms with Crippen LogP contribution < -0.4 is 11.1 Å². The minimum atomic E-state index is -4.40. The van der Waals surface area contributed by atoms with Crippen molar-refractivity contribution in [3.05, 3.63) is 29.3 Å². The van der Waals surface area contributed by atoms with Gasteiger partial charge in [0.2, 0.25) is 0 Å². The van der Waals surface area contributed by atoms with Gasteiger partial charge in [-0.05, 0) is 37.5 Å². The van der Waals surface area contributed by atoms with Gasteiger partial charge in [-0.2, -0.15) is 13.2 Å². The highest BCUT2D eigenvalue weighted by molar-refractivity contribution is 5.96. The van der Waals surface area contributed by atoms with Crippen molar-refractivity contribution in [2.24, 2.45) is 0 Å². The molecule has 0 spiro atoms. The maximum atomic E-state index is 12.7. The largest absolute Gasteiger partial charge is 0.411 e. The van der Waals surface area contributed by atoms with E-state index in [0.29, 0.717) is 5.69 Å². The summed E-state index contributed by atoms with van der Waals surface area (Å²) in [6.45, 7) is 1.76. The highest BCUT2D eigenvalue weighted by Gasteiger charge is 2.64. The van der Waals surface area contributed by atoms with Gasteiger partial charge >= 0.3 is 6.18 Å². The normalized spacial score (nSPS) is 17.3. The summed E-state index contributed by atoms with van der Waals surface area (Å²) in [6.07, 6.45) is -4.54. The van der Waals surface area contributed by atoms with E-state index < -0.39 is 17.6 Å². The van der Waals surface area contributed by atoms with E-state index in [2.05, 4.69) is 5.32 Å². The third-order valence-electron chi connectivity index (χ3n) is 3.19. The van der Waals surface area contributed by atoms with Gasteiger partial charge in [0.1, 0.15) is 5.54 Å².